The molecule has 64 valence electrons. The molecule has 0 N–H and O–H groups in total. The Morgan fingerprint density at radius 3 is 2.55 bits per heavy atom. The molecule has 0 aromatic carbocycles. The Bertz CT molecular complexity index is 134. The smallest absolute Gasteiger partial charge is 0.233 e. The summed E-state index contributed by atoms with van der Waals surface area (Å²) in [5.41, 5.74) is 0. The molecule has 2 nitrogen and oxygen atoms in total. The van der Waals surface area contributed by atoms with Gasteiger partial charge in [0, 0.05) is 13.1 Å². The maximum atomic E-state index is 11.3. The van der Waals surface area contributed by atoms with Crippen molar-refractivity contribution >= 4 is 28.4 Å². The Kier molecular flexibility index (Phi) is 4.15. The van der Waals surface area contributed by atoms with Crippen LogP contribution in [0.2, 0.25) is 0 Å². The molecule has 0 atom stereocenters. The average molecular weight is 191 g/mol. The van der Waals surface area contributed by atoms with Crippen molar-refractivity contribution in [2.45, 2.75) is 19.3 Å². The van der Waals surface area contributed by atoms with E-state index in [1.54, 1.807) is 0 Å². The van der Waals surface area contributed by atoms with Crippen LogP contribution in [0.25, 0.3) is 0 Å². The molecule has 0 aromatic rings. The van der Waals surface area contributed by atoms with Gasteiger partial charge in [-0.1, -0.05) is 10.8 Å². The molecule has 0 spiro atoms. The van der Waals surface area contributed by atoms with Crippen LogP contribution in [0.5, 0.6) is 0 Å². The largest absolute Gasteiger partial charge is 0.342 e. The van der Waals surface area contributed by atoms with Crippen LogP contribution in [0.4, 0.5) is 0 Å². The molecular weight excluding hydrogens is 178 g/mol. The van der Waals surface area contributed by atoms with Gasteiger partial charge in [0.05, 0.1) is 5.75 Å². The Morgan fingerprint density at radius 1 is 1.36 bits per heavy atom. The average Bonchev–Trinajstić information content (AvgIpc) is 2.07. The lowest BCUT2D eigenvalue weighted by atomic mass is 10.1. The fraction of sp³-hybridized carbons (Fsp3) is 0.857. The molecule has 1 saturated heterocycles. The predicted molar refractivity (Wildman–Crippen MR) is 51.9 cm³/mol. The lowest BCUT2D eigenvalue weighted by Gasteiger charge is -2.26. The quantitative estimate of drug-likeness (QED) is 0.528. The fourth-order valence-corrected chi connectivity index (χ4v) is 1.91. The second-order valence-electron chi connectivity index (χ2n) is 2.71. The highest BCUT2D eigenvalue weighted by Gasteiger charge is 2.14. The van der Waals surface area contributed by atoms with E-state index in [1.807, 2.05) is 4.90 Å². The lowest BCUT2D eigenvalue weighted by Crippen LogP contribution is -2.36. The molecule has 0 aromatic heterocycles. The molecule has 11 heavy (non-hydrogen) atoms. The SMILES string of the molecule is O=C(CSS)N1CCCCC1. The predicted octanol–water partition coefficient (Wildman–Crippen LogP) is 1.58. The van der Waals surface area contributed by atoms with Crippen molar-refractivity contribution in [1.29, 1.82) is 0 Å². The monoisotopic (exact) mass is 191 g/mol. The molecule has 1 fully saturated rings. The summed E-state index contributed by atoms with van der Waals surface area (Å²) in [6, 6.07) is 0. The van der Waals surface area contributed by atoms with Crippen molar-refractivity contribution < 1.29 is 4.79 Å². The summed E-state index contributed by atoms with van der Waals surface area (Å²) in [4.78, 5) is 13.2. The summed E-state index contributed by atoms with van der Waals surface area (Å²) >= 11 is 3.95. The number of carbonyl (C=O) groups excluding carboxylic acids is 1. The number of hydrogen-bond donors (Lipinski definition) is 1. The maximum absolute atomic E-state index is 11.3. The van der Waals surface area contributed by atoms with Gasteiger partial charge < -0.3 is 4.90 Å². The molecule has 1 amide bonds. The third kappa shape index (κ3) is 2.95. The topological polar surface area (TPSA) is 20.3 Å². The molecule has 4 heteroatoms. The van der Waals surface area contributed by atoms with Crippen LogP contribution in [0.15, 0.2) is 0 Å². The van der Waals surface area contributed by atoms with E-state index in [9.17, 15) is 4.79 Å². The van der Waals surface area contributed by atoms with Crippen LogP contribution >= 0.6 is 22.5 Å². The summed E-state index contributed by atoms with van der Waals surface area (Å²) in [6.45, 7) is 1.90. The number of rotatable bonds is 2. The van der Waals surface area contributed by atoms with E-state index in [0.717, 1.165) is 13.1 Å². The minimum atomic E-state index is 0.240. The highest BCUT2D eigenvalue weighted by atomic mass is 33.1. The van der Waals surface area contributed by atoms with Gasteiger partial charge in [-0.15, -0.1) is 11.7 Å². The van der Waals surface area contributed by atoms with Gasteiger partial charge in [0.15, 0.2) is 0 Å². The van der Waals surface area contributed by atoms with Crippen LogP contribution < -0.4 is 0 Å². The summed E-state index contributed by atoms with van der Waals surface area (Å²) < 4.78 is 0. The number of likely N-dealkylation sites (tertiary alicyclic amines) is 1. The van der Waals surface area contributed by atoms with E-state index in [0.29, 0.717) is 5.75 Å². The highest BCUT2D eigenvalue weighted by molar-refractivity contribution is 8.68. The number of amides is 1. The molecule has 0 saturated carbocycles. The first-order valence-electron chi connectivity index (χ1n) is 3.88. The first-order valence-corrected chi connectivity index (χ1v) is 5.92. The fourth-order valence-electron chi connectivity index (χ4n) is 1.29. The summed E-state index contributed by atoms with van der Waals surface area (Å²) in [6.07, 6.45) is 3.61. The van der Waals surface area contributed by atoms with Crippen molar-refractivity contribution in [3.63, 3.8) is 0 Å². The van der Waals surface area contributed by atoms with E-state index in [1.165, 1.54) is 30.1 Å². The number of hydrogen-bond acceptors (Lipinski definition) is 3. The number of thiol groups is 1. The second-order valence-corrected chi connectivity index (χ2v) is 4.04. The second kappa shape index (κ2) is 4.93. The standard InChI is InChI=1S/C7H13NOS2/c9-7(6-11-10)8-4-2-1-3-5-8/h10H,1-6H2. The zero-order valence-electron chi connectivity index (χ0n) is 6.45. The third-order valence-corrected chi connectivity index (χ3v) is 2.66. The molecule has 1 aliphatic heterocycles. The van der Waals surface area contributed by atoms with Crippen molar-refractivity contribution in [1.82, 2.24) is 4.90 Å². The Hall–Kier alpha value is 0.170. The van der Waals surface area contributed by atoms with Gasteiger partial charge in [-0.25, -0.2) is 0 Å². The molecule has 1 heterocycles. The first kappa shape index (κ1) is 9.26. The zero-order chi connectivity index (χ0) is 8.10. The lowest BCUT2D eigenvalue weighted by molar-refractivity contribution is -0.129. The molecule has 0 aliphatic carbocycles. The Labute approximate surface area is 76.5 Å². The number of piperidine rings is 1. The third-order valence-electron chi connectivity index (χ3n) is 1.90. The minimum absolute atomic E-state index is 0.240. The van der Waals surface area contributed by atoms with Crippen LogP contribution in [0, 0.1) is 0 Å². The maximum Gasteiger partial charge on any atom is 0.233 e. The van der Waals surface area contributed by atoms with Crippen LogP contribution in [-0.4, -0.2) is 29.6 Å². The van der Waals surface area contributed by atoms with Gasteiger partial charge in [0.2, 0.25) is 5.91 Å². The van der Waals surface area contributed by atoms with Gasteiger partial charge in [-0.3, -0.25) is 4.79 Å². The minimum Gasteiger partial charge on any atom is -0.342 e. The highest BCUT2D eigenvalue weighted by Crippen LogP contribution is 2.12. The molecule has 1 aliphatic rings. The van der Waals surface area contributed by atoms with Crippen molar-refractivity contribution in [2.24, 2.45) is 0 Å². The van der Waals surface area contributed by atoms with Gasteiger partial charge in [-0.05, 0) is 19.3 Å². The van der Waals surface area contributed by atoms with Gasteiger partial charge in [-0.2, -0.15) is 0 Å². The summed E-state index contributed by atoms with van der Waals surface area (Å²) in [5, 5.41) is 0. The van der Waals surface area contributed by atoms with Gasteiger partial charge >= 0.3 is 0 Å². The number of nitrogens with zero attached hydrogens (tertiary/aromatic N) is 1. The molecule has 0 bridgehead atoms. The van der Waals surface area contributed by atoms with Crippen LogP contribution in [0.3, 0.4) is 0 Å². The van der Waals surface area contributed by atoms with Crippen molar-refractivity contribution in [2.75, 3.05) is 18.8 Å². The molecule has 0 radical (unpaired) electrons. The van der Waals surface area contributed by atoms with Gasteiger partial charge in [0.25, 0.3) is 0 Å². The van der Waals surface area contributed by atoms with E-state index in [4.69, 9.17) is 0 Å². The molecule has 0 unspecified atom stereocenters. The molecule has 1 rings (SSSR count). The number of carbonyl (C=O) groups is 1. The van der Waals surface area contributed by atoms with Crippen molar-refractivity contribution in [3.8, 4) is 0 Å². The Morgan fingerprint density at radius 2 is 2.00 bits per heavy atom. The van der Waals surface area contributed by atoms with Crippen molar-refractivity contribution in [3.05, 3.63) is 0 Å². The van der Waals surface area contributed by atoms with Crippen LogP contribution in [-0.2, 0) is 4.79 Å². The van der Waals surface area contributed by atoms with E-state index < -0.39 is 0 Å². The van der Waals surface area contributed by atoms with E-state index in [2.05, 4.69) is 11.7 Å². The zero-order valence-corrected chi connectivity index (χ0v) is 8.16. The summed E-state index contributed by atoms with van der Waals surface area (Å²) in [7, 11) is 1.31. The molecular formula is C7H13NOS2. The van der Waals surface area contributed by atoms with Crippen LogP contribution in [0.1, 0.15) is 19.3 Å². The summed E-state index contributed by atoms with van der Waals surface area (Å²) in [5.74, 6) is 0.757. The first-order chi connectivity index (χ1) is 5.34. The van der Waals surface area contributed by atoms with E-state index >= 15 is 0 Å². The van der Waals surface area contributed by atoms with E-state index in [-0.39, 0.29) is 5.91 Å². The normalized spacial score (nSPS) is 18.5. The Balaban J connectivity index is 2.27. The van der Waals surface area contributed by atoms with Gasteiger partial charge in [0.1, 0.15) is 0 Å².